The van der Waals surface area contributed by atoms with Gasteiger partial charge in [0.15, 0.2) is 21.6 Å². The molecule has 10 heteroatoms. The van der Waals surface area contributed by atoms with Crippen molar-refractivity contribution >= 4 is 55.6 Å². The van der Waals surface area contributed by atoms with E-state index in [0.717, 1.165) is 24.5 Å². The van der Waals surface area contributed by atoms with E-state index in [-0.39, 0.29) is 29.4 Å². The molecule has 2 aliphatic heterocycles. The van der Waals surface area contributed by atoms with E-state index in [9.17, 15) is 13.2 Å². The molecule has 2 aromatic carbocycles. The van der Waals surface area contributed by atoms with Crippen LogP contribution in [0.4, 0.5) is 11.4 Å². The Morgan fingerprint density at radius 1 is 1.12 bits per heavy atom. The molecule has 0 spiro atoms. The maximum atomic E-state index is 12.6. The third-order valence-corrected chi connectivity index (χ3v) is 9.18. The first-order chi connectivity index (χ1) is 15.8. The van der Waals surface area contributed by atoms with E-state index in [1.54, 1.807) is 24.3 Å². The third kappa shape index (κ3) is 5.47. The van der Waals surface area contributed by atoms with Crippen LogP contribution in [0, 0.1) is 0 Å². The lowest BCUT2D eigenvalue weighted by molar-refractivity contribution is -0.119. The maximum absolute atomic E-state index is 12.6. The van der Waals surface area contributed by atoms with Gasteiger partial charge in [-0.2, -0.15) is 4.99 Å². The molecule has 2 saturated heterocycles. The van der Waals surface area contributed by atoms with E-state index in [1.165, 1.54) is 11.8 Å². The van der Waals surface area contributed by atoms with Gasteiger partial charge >= 0.3 is 0 Å². The fraction of sp³-hybridized carbons (Fsp3) is 0.391. The van der Waals surface area contributed by atoms with Crippen molar-refractivity contribution in [2.75, 3.05) is 41.0 Å². The van der Waals surface area contributed by atoms with E-state index in [4.69, 9.17) is 16.3 Å². The Bertz CT molecular complexity index is 1130. The van der Waals surface area contributed by atoms with Crippen molar-refractivity contribution in [3.05, 3.63) is 53.6 Å². The molecular weight excluding hydrogens is 482 g/mol. The summed E-state index contributed by atoms with van der Waals surface area (Å²) >= 11 is 7.22. The van der Waals surface area contributed by atoms with Gasteiger partial charge in [-0.3, -0.25) is 4.79 Å². The number of fused-ring (bicyclic) bond motifs is 1. The lowest BCUT2D eigenvalue weighted by Gasteiger charge is -2.26. The van der Waals surface area contributed by atoms with E-state index < -0.39 is 15.7 Å². The second-order valence-corrected chi connectivity index (χ2v) is 11.7. The fourth-order valence-corrected chi connectivity index (χ4v) is 8.15. The Labute approximate surface area is 203 Å². The summed E-state index contributed by atoms with van der Waals surface area (Å²) in [6, 6.07) is 14.5. The number of thioether (sulfide) groups is 1. The van der Waals surface area contributed by atoms with Crippen molar-refractivity contribution < 1.29 is 17.9 Å². The van der Waals surface area contributed by atoms with Crippen LogP contribution in [-0.4, -0.2) is 62.0 Å². The summed E-state index contributed by atoms with van der Waals surface area (Å²) in [6.45, 7) is 5.78. The Hall–Kier alpha value is -2.23. The van der Waals surface area contributed by atoms with Crippen LogP contribution >= 0.6 is 23.4 Å². The zero-order valence-corrected chi connectivity index (χ0v) is 20.9. The smallest absolute Gasteiger partial charge is 0.285 e. The number of rotatable bonds is 7. The van der Waals surface area contributed by atoms with Gasteiger partial charge in [0.25, 0.3) is 5.91 Å². The number of hydrogen-bond acceptors (Lipinski definition) is 6. The van der Waals surface area contributed by atoms with Gasteiger partial charge in [0.2, 0.25) is 0 Å². The average molecular weight is 508 g/mol. The largest absolute Gasteiger partial charge is 0.484 e. The molecule has 33 heavy (non-hydrogen) atoms. The molecule has 2 atom stereocenters. The van der Waals surface area contributed by atoms with Gasteiger partial charge < -0.3 is 14.5 Å². The zero-order chi connectivity index (χ0) is 23.6. The lowest BCUT2D eigenvalue weighted by atomic mass is 10.2. The van der Waals surface area contributed by atoms with Gasteiger partial charge in [-0.05, 0) is 62.4 Å². The number of nitrogens with zero attached hydrogens (tertiary/aromatic N) is 3. The molecule has 2 heterocycles. The highest BCUT2D eigenvalue weighted by atomic mass is 35.5. The topological polar surface area (TPSA) is 79.3 Å². The number of sulfone groups is 1. The number of amides is 1. The molecule has 2 aliphatic rings. The summed E-state index contributed by atoms with van der Waals surface area (Å²) in [5.41, 5.74) is 1.92. The molecule has 0 radical (unpaired) electrons. The minimum atomic E-state index is -3.12. The first-order valence-corrected chi connectivity index (χ1v) is 13.9. The second kappa shape index (κ2) is 9.95. The molecule has 2 unspecified atom stereocenters. The van der Waals surface area contributed by atoms with Crippen LogP contribution in [0.25, 0.3) is 0 Å². The molecule has 0 aromatic heterocycles. The van der Waals surface area contributed by atoms with E-state index in [2.05, 4.69) is 23.7 Å². The highest BCUT2D eigenvalue weighted by Gasteiger charge is 2.49. The van der Waals surface area contributed by atoms with Crippen LogP contribution in [0.5, 0.6) is 5.75 Å². The number of carbonyl (C=O) groups is 1. The molecule has 176 valence electrons. The minimum absolute atomic E-state index is 0.0525. The van der Waals surface area contributed by atoms with Crippen molar-refractivity contribution in [2.24, 2.45) is 4.99 Å². The van der Waals surface area contributed by atoms with E-state index in [1.807, 2.05) is 29.2 Å². The number of ether oxygens (including phenoxy) is 1. The van der Waals surface area contributed by atoms with Gasteiger partial charge in [-0.1, -0.05) is 23.4 Å². The first-order valence-electron chi connectivity index (χ1n) is 10.8. The van der Waals surface area contributed by atoms with E-state index >= 15 is 0 Å². The van der Waals surface area contributed by atoms with Gasteiger partial charge in [-0.25, -0.2) is 8.42 Å². The number of anilines is 2. The molecule has 4 rings (SSSR count). The molecule has 2 aromatic rings. The summed E-state index contributed by atoms with van der Waals surface area (Å²) in [5.74, 6) is 0.237. The van der Waals surface area contributed by atoms with Crippen LogP contribution in [0.1, 0.15) is 13.8 Å². The van der Waals surface area contributed by atoms with Gasteiger partial charge in [-0.15, -0.1) is 0 Å². The molecule has 0 bridgehead atoms. The first kappa shape index (κ1) is 23.9. The Kier molecular flexibility index (Phi) is 7.21. The standard InChI is InChI=1S/C23H26ClN3O4S2/c1-3-26(4-2)17-7-9-18(10-8-17)27-20-14-33(29,30)15-21(20)32-23(27)25-22(28)13-31-19-11-5-16(24)6-12-19/h5-12,20-21H,3-4,13-15H2,1-2H3. The van der Waals surface area contributed by atoms with Crippen molar-refractivity contribution in [3.63, 3.8) is 0 Å². The third-order valence-electron chi connectivity index (χ3n) is 5.72. The number of benzene rings is 2. The average Bonchev–Trinajstić information content (AvgIpc) is 3.25. The van der Waals surface area contributed by atoms with Crippen molar-refractivity contribution in [1.29, 1.82) is 0 Å². The van der Waals surface area contributed by atoms with Gasteiger partial charge in [0, 0.05) is 34.7 Å². The lowest BCUT2D eigenvalue weighted by Crippen LogP contribution is -2.38. The summed E-state index contributed by atoms with van der Waals surface area (Å²) in [6.07, 6.45) is 0. The van der Waals surface area contributed by atoms with Crippen molar-refractivity contribution in [3.8, 4) is 5.75 Å². The van der Waals surface area contributed by atoms with Crippen molar-refractivity contribution in [2.45, 2.75) is 25.1 Å². The van der Waals surface area contributed by atoms with Crippen LogP contribution < -0.4 is 14.5 Å². The number of halogens is 1. The fourth-order valence-electron chi connectivity index (χ4n) is 4.09. The predicted molar refractivity (Wildman–Crippen MR) is 136 cm³/mol. The minimum Gasteiger partial charge on any atom is -0.484 e. The van der Waals surface area contributed by atoms with Crippen LogP contribution in [0.3, 0.4) is 0 Å². The van der Waals surface area contributed by atoms with Crippen molar-refractivity contribution in [1.82, 2.24) is 0 Å². The molecular formula is C23H26ClN3O4S2. The molecule has 2 fully saturated rings. The quantitative estimate of drug-likeness (QED) is 0.563. The zero-order valence-electron chi connectivity index (χ0n) is 18.5. The summed E-state index contributed by atoms with van der Waals surface area (Å²) in [5, 5.41) is 0.946. The Morgan fingerprint density at radius 2 is 1.79 bits per heavy atom. The van der Waals surface area contributed by atoms with Gasteiger partial charge in [0.1, 0.15) is 5.75 Å². The summed E-state index contributed by atoms with van der Waals surface area (Å²) in [7, 11) is -3.12. The normalized spacial score (nSPS) is 22.4. The Balaban J connectivity index is 1.55. The number of aliphatic imine (C=N–C) groups is 1. The molecule has 7 nitrogen and oxygen atoms in total. The van der Waals surface area contributed by atoms with Crippen LogP contribution in [0.15, 0.2) is 53.5 Å². The SMILES string of the molecule is CCN(CC)c1ccc(N2C(=NC(=O)COc3ccc(Cl)cc3)SC3CS(=O)(=O)CC32)cc1. The highest BCUT2D eigenvalue weighted by molar-refractivity contribution is 8.16. The summed E-state index contributed by atoms with van der Waals surface area (Å²) in [4.78, 5) is 21.0. The number of amidine groups is 1. The maximum Gasteiger partial charge on any atom is 0.285 e. The molecule has 0 N–H and O–H groups in total. The Morgan fingerprint density at radius 3 is 2.42 bits per heavy atom. The predicted octanol–water partition coefficient (Wildman–Crippen LogP) is 3.87. The van der Waals surface area contributed by atoms with Crippen LogP contribution in [0.2, 0.25) is 5.02 Å². The number of carbonyl (C=O) groups excluding carboxylic acids is 1. The second-order valence-electron chi connectivity index (χ2n) is 7.89. The highest BCUT2D eigenvalue weighted by Crippen LogP contribution is 2.41. The molecule has 0 saturated carbocycles. The monoisotopic (exact) mass is 507 g/mol. The van der Waals surface area contributed by atoms with Crippen LogP contribution in [-0.2, 0) is 14.6 Å². The van der Waals surface area contributed by atoms with Gasteiger partial charge in [0.05, 0.1) is 17.5 Å². The summed E-state index contributed by atoms with van der Waals surface area (Å²) < 4.78 is 30.1. The van der Waals surface area contributed by atoms with E-state index in [0.29, 0.717) is 15.9 Å². The molecule has 0 aliphatic carbocycles. The number of hydrogen-bond donors (Lipinski definition) is 0. The molecule has 1 amide bonds.